The summed E-state index contributed by atoms with van der Waals surface area (Å²) in [5, 5.41) is 3.07. The predicted octanol–water partition coefficient (Wildman–Crippen LogP) is 2.37. The highest BCUT2D eigenvalue weighted by atomic mass is 15.0. The molecule has 0 amide bonds. The van der Waals surface area contributed by atoms with E-state index in [0.717, 1.165) is 6.42 Å². The number of hydrogen-bond donors (Lipinski definition) is 1. The van der Waals surface area contributed by atoms with Gasteiger partial charge in [0.15, 0.2) is 0 Å². The van der Waals surface area contributed by atoms with Crippen LogP contribution < -0.4 is 5.32 Å². The molecule has 12 heavy (non-hydrogen) atoms. The molecule has 64 valence electrons. The van der Waals surface area contributed by atoms with Crippen molar-refractivity contribution in [2.45, 2.75) is 20.3 Å². The lowest BCUT2D eigenvalue weighted by atomic mass is 10.1. The summed E-state index contributed by atoms with van der Waals surface area (Å²) < 4.78 is 0. The fourth-order valence-electron chi connectivity index (χ4n) is 1.07. The van der Waals surface area contributed by atoms with E-state index < -0.39 is 0 Å². The van der Waals surface area contributed by atoms with E-state index >= 15 is 0 Å². The van der Waals surface area contributed by atoms with Gasteiger partial charge in [0, 0.05) is 17.5 Å². The van der Waals surface area contributed by atoms with Crippen LogP contribution in [0.5, 0.6) is 0 Å². The fraction of sp³-hybridized carbons (Fsp3) is 0.300. The van der Waals surface area contributed by atoms with Crippen molar-refractivity contribution < 1.29 is 0 Å². The van der Waals surface area contributed by atoms with Gasteiger partial charge in [-0.1, -0.05) is 32.1 Å². The first-order valence-electron chi connectivity index (χ1n) is 4.32. The van der Waals surface area contributed by atoms with Crippen LogP contribution in [0, 0.1) is 0 Å². The molecule has 1 aliphatic carbocycles. The Morgan fingerprint density at radius 1 is 1.42 bits per heavy atom. The van der Waals surface area contributed by atoms with Gasteiger partial charge in [-0.2, -0.15) is 0 Å². The van der Waals surface area contributed by atoms with E-state index in [-0.39, 0.29) is 0 Å². The smallest absolute Gasteiger partial charge is 0.0923 e. The van der Waals surface area contributed by atoms with E-state index in [1.807, 2.05) is 20.0 Å². The summed E-state index contributed by atoms with van der Waals surface area (Å²) in [6, 6.07) is 0. The number of allylic oxidation sites excluding steroid dienone is 3. The summed E-state index contributed by atoms with van der Waals surface area (Å²) in [4.78, 5) is 3.97. The normalized spacial score (nSPS) is 17.8. The molecule has 2 rings (SSSR count). The minimum atomic E-state index is 1.02. The lowest BCUT2D eigenvalue weighted by molar-refractivity contribution is 1.09. The van der Waals surface area contributed by atoms with Gasteiger partial charge in [0.05, 0.1) is 6.34 Å². The Bertz CT molecular complexity index is 257. The molecule has 0 fully saturated rings. The van der Waals surface area contributed by atoms with Gasteiger partial charge in [0.25, 0.3) is 0 Å². The number of nitrogens with one attached hydrogen (secondary N) is 1. The zero-order valence-corrected chi connectivity index (χ0v) is 7.54. The highest BCUT2D eigenvalue weighted by Crippen LogP contribution is 2.16. The zero-order chi connectivity index (χ0) is 8.81. The minimum absolute atomic E-state index is 1.02. The molecule has 0 radical (unpaired) electrons. The average Bonchev–Trinajstić information content (AvgIpc) is 2.21. The maximum Gasteiger partial charge on any atom is 0.0923 e. The van der Waals surface area contributed by atoms with Gasteiger partial charge in [-0.25, -0.2) is 4.99 Å². The van der Waals surface area contributed by atoms with Crippen LogP contribution in [-0.2, 0) is 0 Å². The third kappa shape index (κ3) is 1.84. The van der Waals surface area contributed by atoms with Gasteiger partial charge in [0.1, 0.15) is 0 Å². The molecule has 1 N–H and O–H groups in total. The number of rotatable bonds is 0. The van der Waals surface area contributed by atoms with Gasteiger partial charge < -0.3 is 5.32 Å². The van der Waals surface area contributed by atoms with E-state index in [0.29, 0.717) is 0 Å². The van der Waals surface area contributed by atoms with Gasteiger partial charge in [-0.05, 0) is 6.42 Å². The topological polar surface area (TPSA) is 24.4 Å². The molecular weight excluding hydrogens is 148 g/mol. The summed E-state index contributed by atoms with van der Waals surface area (Å²) in [7, 11) is 0. The number of nitrogens with zero attached hydrogens (tertiary/aromatic N) is 1. The van der Waals surface area contributed by atoms with Gasteiger partial charge >= 0.3 is 0 Å². The van der Waals surface area contributed by atoms with Crippen LogP contribution in [0.25, 0.3) is 0 Å². The Balaban J connectivity index is 0.000000336. The van der Waals surface area contributed by atoms with Crippen molar-refractivity contribution in [3.8, 4) is 0 Å². The van der Waals surface area contributed by atoms with Crippen LogP contribution in [0.4, 0.5) is 0 Å². The summed E-state index contributed by atoms with van der Waals surface area (Å²) in [6.45, 7) is 4.00. The van der Waals surface area contributed by atoms with E-state index in [9.17, 15) is 0 Å². The molecule has 0 saturated heterocycles. The van der Waals surface area contributed by atoms with Crippen LogP contribution in [-0.4, -0.2) is 6.34 Å². The second-order valence-corrected chi connectivity index (χ2v) is 2.26. The van der Waals surface area contributed by atoms with Crippen LogP contribution >= 0.6 is 0 Å². The molecule has 0 saturated carbocycles. The first-order valence-corrected chi connectivity index (χ1v) is 4.32. The summed E-state index contributed by atoms with van der Waals surface area (Å²) in [5.41, 5.74) is 2.35. The molecular formula is C10H14N2. The summed E-state index contributed by atoms with van der Waals surface area (Å²) in [6.07, 6.45) is 10.9. The number of hydrogen-bond acceptors (Lipinski definition) is 2. The minimum Gasteiger partial charge on any atom is -0.346 e. The molecule has 0 aromatic carbocycles. The molecule has 0 aromatic heterocycles. The summed E-state index contributed by atoms with van der Waals surface area (Å²) >= 11 is 0. The maximum atomic E-state index is 3.97. The zero-order valence-electron chi connectivity index (χ0n) is 7.54. The first-order chi connectivity index (χ1) is 5.97. The van der Waals surface area contributed by atoms with Crippen molar-refractivity contribution in [1.82, 2.24) is 5.32 Å². The molecule has 0 atom stereocenters. The van der Waals surface area contributed by atoms with E-state index in [1.54, 1.807) is 6.34 Å². The predicted molar refractivity (Wildman–Crippen MR) is 52.9 cm³/mol. The molecule has 0 bridgehead atoms. The fourth-order valence-corrected chi connectivity index (χ4v) is 1.07. The number of fused-ring (bicyclic) bond motifs is 1. The van der Waals surface area contributed by atoms with Gasteiger partial charge in [0.2, 0.25) is 0 Å². The monoisotopic (exact) mass is 162 g/mol. The molecule has 0 aromatic rings. The van der Waals surface area contributed by atoms with Gasteiger partial charge in [-0.15, -0.1) is 0 Å². The molecule has 2 aliphatic rings. The van der Waals surface area contributed by atoms with Crippen molar-refractivity contribution in [3.05, 3.63) is 35.7 Å². The van der Waals surface area contributed by atoms with Crippen molar-refractivity contribution in [1.29, 1.82) is 0 Å². The highest BCUT2D eigenvalue weighted by Gasteiger charge is 2.05. The molecule has 0 unspecified atom stereocenters. The van der Waals surface area contributed by atoms with Gasteiger partial charge in [-0.3, -0.25) is 0 Å². The largest absolute Gasteiger partial charge is 0.346 e. The van der Waals surface area contributed by atoms with Crippen LogP contribution in [0.15, 0.2) is 40.7 Å². The lowest BCUT2D eigenvalue weighted by Crippen LogP contribution is -2.15. The van der Waals surface area contributed by atoms with E-state index in [4.69, 9.17) is 0 Å². The average molecular weight is 162 g/mol. The SMILES string of the molecule is C1=CC2=CN=CNC2=CC1.CC. The Kier molecular flexibility index (Phi) is 3.33. The Hall–Kier alpha value is -1.31. The first kappa shape index (κ1) is 8.78. The van der Waals surface area contributed by atoms with Crippen molar-refractivity contribution >= 4 is 6.34 Å². The maximum absolute atomic E-state index is 3.97. The molecule has 1 aliphatic heterocycles. The van der Waals surface area contributed by atoms with Crippen molar-refractivity contribution in [2.24, 2.45) is 4.99 Å². The molecule has 1 heterocycles. The standard InChI is InChI=1S/C8H8N2.C2H6/c1-2-4-8-7(3-1)5-9-6-10-8;1-2/h1,3-6H,2H2,(H,9,10);1-2H3. The Morgan fingerprint density at radius 2 is 2.25 bits per heavy atom. The third-order valence-corrected chi connectivity index (χ3v) is 1.57. The molecule has 2 nitrogen and oxygen atoms in total. The molecule has 0 spiro atoms. The summed E-state index contributed by atoms with van der Waals surface area (Å²) in [5.74, 6) is 0. The van der Waals surface area contributed by atoms with Crippen LogP contribution in [0.2, 0.25) is 0 Å². The van der Waals surface area contributed by atoms with E-state index in [1.165, 1.54) is 11.3 Å². The Labute approximate surface area is 73.4 Å². The van der Waals surface area contributed by atoms with E-state index in [2.05, 4.69) is 28.5 Å². The molecule has 2 heteroatoms. The van der Waals surface area contributed by atoms with Crippen LogP contribution in [0.1, 0.15) is 20.3 Å². The van der Waals surface area contributed by atoms with Crippen molar-refractivity contribution in [3.63, 3.8) is 0 Å². The van der Waals surface area contributed by atoms with Crippen LogP contribution in [0.3, 0.4) is 0 Å². The highest BCUT2D eigenvalue weighted by molar-refractivity contribution is 5.65. The quantitative estimate of drug-likeness (QED) is 0.581. The van der Waals surface area contributed by atoms with Crippen molar-refractivity contribution in [2.75, 3.05) is 0 Å². The third-order valence-electron chi connectivity index (χ3n) is 1.57. The lowest BCUT2D eigenvalue weighted by Gasteiger charge is -2.13. The number of aliphatic imine (C=N–C) groups is 1. The Morgan fingerprint density at radius 3 is 3.00 bits per heavy atom. The second-order valence-electron chi connectivity index (χ2n) is 2.26. The second kappa shape index (κ2) is 4.54.